The van der Waals surface area contributed by atoms with Crippen LogP contribution in [0.3, 0.4) is 0 Å². The van der Waals surface area contributed by atoms with E-state index in [1.54, 1.807) is 6.20 Å². The summed E-state index contributed by atoms with van der Waals surface area (Å²) in [5.41, 5.74) is 5.79. The summed E-state index contributed by atoms with van der Waals surface area (Å²) in [6.45, 7) is 1.83. The molecule has 4 aromatic rings. The zero-order valence-corrected chi connectivity index (χ0v) is 12.6. The number of aromatic amines is 1. The Morgan fingerprint density at radius 3 is 2.96 bits per heavy atom. The fraction of sp³-hybridized carbons (Fsp3) is 0.118. The number of rotatable bonds is 3. The van der Waals surface area contributed by atoms with Crippen LogP contribution in [0.4, 0.5) is 0 Å². The lowest BCUT2D eigenvalue weighted by Crippen LogP contribution is -1.93. The molecule has 0 atom stereocenters. The van der Waals surface area contributed by atoms with Gasteiger partial charge in [-0.1, -0.05) is 6.07 Å². The van der Waals surface area contributed by atoms with Gasteiger partial charge in [0.15, 0.2) is 0 Å². The van der Waals surface area contributed by atoms with E-state index in [9.17, 15) is 5.11 Å². The van der Waals surface area contributed by atoms with Crippen molar-refractivity contribution in [3.8, 4) is 22.5 Å². The zero-order valence-electron chi connectivity index (χ0n) is 12.6. The van der Waals surface area contributed by atoms with E-state index in [0.29, 0.717) is 5.69 Å². The van der Waals surface area contributed by atoms with Crippen molar-refractivity contribution in [3.05, 3.63) is 60.3 Å². The molecule has 0 spiro atoms. The van der Waals surface area contributed by atoms with E-state index in [4.69, 9.17) is 0 Å². The van der Waals surface area contributed by atoms with Crippen molar-refractivity contribution >= 4 is 5.65 Å². The molecule has 0 saturated heterocycles. The van der Waals surface area contributed by atoms with Gasteiger partial charge in [0.25, 0.3) is 0 Å². The normalized spacial score (nSPS) is 11.2. The molecule has 0 aliphatic rings. The molecule has 6 heteroatoms. The number of aliphatic hydroxyl groups excluding tert-OH is 1. The Balaban J connectivity index is 1.94. The van der Waals surface area contributed by atoms with Crippen LogP contribution in [-0.2, 0) is 6.61 Å². The standard InChI is InChI=1S/C17H15N5O/c1-11-3-2-4-13(19-11)17-16(14(10-23)20-21-17)12-5-6-15-18-7-8-22(15)9-12/h2-9,23H,10H2,1H3,(H,20,21). The monoisotopic (exact) mass is 305 g/mol. The highest BCUT2D eigenvalue weighted by molar-refractivity contribution is 5.81. The second-order valence-corrected chi connectivity index (χ2v) is 5.36. The van der Waals surface area contributed by atoms with Gasteiger partial charge in [0.05, 0.1) is 18.0 Å². The lowest BCUT2D eigenvalue weighted by Gasteiger charge is -2.06. The highest BCUT2D eigenvalue weighted by Crippen LogP contribution is 2.32. The van der Waals surface area contributed by atoms with Crippen molar-refractivity contribution in [2.45, 2.75) is 13.5 Å². The highest BCUT2D eigenvalue weighted by Gasteiger charge is 2.17. The number of aromatic nitrogens is 5. The third-order valence-electron chi connectivity index (χ3n) is 3.81. The third-order valence-corrected chi connectivity index (χ3v) is 3.81. The summed E-state index contributed by atoms with van der Waals surface area (Å²) in [6.07, 6.45) is 5.62. The van der Waals surface area contributed by atoms with Crippen LogP contribution in [0.15, 0.2) is 48.9 Å². The molecule has 0 unspecified atom stereocenters. The number of aryl methyl sites for hydroxylation is 1. The summed E-state index contributed by atoms with van der Waals surface area (Å²) in [5, 5.41) is 16.9. The van der Waals surface area contributed by atoms with Crippen LogP contribution in [0, 0.1) is 6.92 Å². The third kappa shape index (κ3) is 2.29. The Bertz CT molecular complexity index is 985. The number of aliphatic hydroxyl groups is 1. The van der Waals surface area contributed by atoms with Crippen LogP contribution < -0.4 is 0 Å². The van der Waals surface area contributed by atoms with Gasteiger partial charge in [0.1, 0.15) is 11.3 Å². The fourth-order valence-corrected chi connectivity index (χ4v) is 2.73. The fourth-order valence-electron chi connectivity index (χ4n) is 2.73. The minimum absolute atomic E-state index is 0.115. The first-order chi connectivity index (χ1) is 11.3. The number of H-pyrrole nitrogens is 1. The van der Waals surface area contributed by atoms with Crippen LogP contribution in [0.1, 0.15) is 11.4 Å². The van der Waals surface area contributed by atoms with E-state index < -0.39 is 0 Å². The molecule has 0 aromatic carbocycles. The average Bonchev–Trinajstić information content (AvgIpc) is 3.20. The smallest absolute Gasteiger partial charge is 0.136 e. The van der Waals surface area contributed by atoms with Gasteiger partial charge in [-0.05, 0) is 31.2 Å². The molecule has 4 heterocycles. The van der Waals surface area contributed by atoms with Gasteiger partial charge >= 0.3 is 0 Å². The number of hydrogen-bond donors (Lipinski definition) is 2. The first-order valence-corrected chi connectivity index (χ1v) is 7.31. The van der Waals surface area contributed by atoms with Crippen molar-refractivity contribution < 1.29 is 5.11 Å². The first kappa shape index (κ1) is 13.7. The summed E-state index contributed by atoms with van der Waals surface area (Å²) in [5.74, 6) is 0. The van der Waals surface area contributed by atoms with Crippen molar-refractivity contribution in [2.24, 2.45) is 0 Å². The van der Waals surface area contributed by atoms with E-state index in [2.05, 4.69) is 20.2 Å². The number of imidazole rings is 1. The van der Waals surface area contributed by atoms with Crippen LogP contribution in [0.2, 0.25) is 0 Å². The maximum absolute atomic E-state index is 9.66. The quantitative estimate of drug-likeness (QED) is 0.610. The van der Waals surface area contributed by atoms with Gasteiger partial charge in [0, 0.05) is 35.4 Å². The van der Waals surface area contributed by atoms with Crippen LogP contribution in [0.5, 0.6) is 0 Å². The first-order valence-electron chi connectivity index (χ1n) is 7.31. The van der Waals surface area contributed by atoms with Gasteiger partial charge < -0.3 is 9.51 Å². The van der Waals surface area contributed by atoms with Crippen LogP contribution >= 0.6 is 0 Å². The maximum atomic E-state index is 9.66. The van der Waals surface area contributed by atoms with Gasteiger partial charge in [-0.2, -0.15) is 5.10 Å². The van der Waals surface area contributed by atoms with E-state index in [1.807, 2.05) is 54.0 Å². The predicted molar refractivity (Wildman–Crippen MR) is 86.7 cm³/mol. The summed E-state index contributed by atoms with van der Waals surface area (Å²) in [4.78, 5) is 8.80. The topological polar surface area (TPSA) is 79.1 Å². The molecule has 4 rings (SSSR count). The van der Waals surface area contributed by atoms with Gasteiger partial charge in [-0.15, -0.1) is 0 Å². The van der Waals surface area contributed by atoms with E-state index in [1.165, 1.54) is 0 Å². The number of pyridine rings is 2. The van der Waals surface area contributed by atoms with Crippen molar-refractivity contribution in [2.75, 3.05) is 0 Å². The summed E-state index contributed by atoms with van der Waals surface area (Å²) in [6, 6.07) is 9.74. The molecule has 4 aromatic heterocycles. The summed E-state index contributed by atoms with van der Waals surface area (Å²) < 4.78 is 1.94. The van der Waals surface area contributed by atoms with Gasteiger partial charge in [0.2, 0.25) is 0 Å². The SMILES string of the molecule is Cc1cccc(-c2n[nH]c(CO)c2-c2ccc3nccn3c2)n1. The largest absolute Gasteiger partial charge is 0.390 e. The zero-order chi connectivity index (χ0) is 15.8. The Hall–Kier alpha value is -2.99. The van der Waals surface area contributed by atoms with E-state index in [0.717, 1.165) is 33.9 Å². The molecule has 23 heavy (non-hydrogen) atoms. The van der Waals surface area contributed by atoms with Gasteiger partial charge in [-0.3, -0.25) is 10.1 Å². The molecule has 6 nitrogen and oxygen atoms in total. The Kier molecular flexibility index (Phi) is 3.17. The Morgan fingerprint density at radius 2 is 2.13 bits per heavy atom. The Morgan fingerprint density at radius 1 is 1.22 bits per heavy atom. The minimum Gasteiger partial charge on any atom is -0.390 e. The molecule has 0 fully saturated rings. The molecule has 0 radical (unpaired) electrons. The van der Waals surface area contributed by atoms with E-state index in [-0.39, 0.29) is 6.61 Å². The molecular weight excluding hydrogens is 290 g/mol. The average molecular weight is 305 g/mol. The molecular formula is C17H15N5O. The number of fused-ring (bicyclic) bond motifs is 1. The molecule has 0 amide bonds. The molecule has 0 bridgehead atoms. The highest BCUT2D eigenvalue weighted by atomic mass is 16.3. The summed E-state index contributed by atoms with van der Waals surface area (Å²) >= 11 is 0. The van der Waals surface area contributed by atoms with Crippen molar-refractivity contribution in [1.29, 1.82) is 0 Å². The van der Waals surface area contributed by atoms with Crippen molar-refractivity contribution in [3.63, 3.8) is 0 Å². The number of nitrogens with zero attached hydrogens (tertiary/aromatic N) is 4. The number of hydrogen-bond acceptors (Lipinski definition) is 4. The maximum Gasteiger partial charge on any atom is 0.136 e. The second-order valence-electron chi connectivity index (χ2n) is 5.36. The minimum atomic E-state index is -0.115. The summed E-state index contributed by atoms with van der Waals surface area (Å²) in [7, 11) is 0. The lowest BCUT2D eigenvalue weighted by atomic mass is 10.0. The van der Waals surface area contributed by atoms with E-state index >= 15 is 0 Å². The number of nitrogens with one attached hydrogen (secondary N) is 1. The van der Waals surface area contributed by atoms with Crippen LogP contribution in [0.25, 0.3) is 28.2 Å². The Labute approximate surface area is 132 Å². The predicted octanol–water partition coefficient (Wildman–Crippen LogP) is 2.59. The molecule has 0 aliphatic carbocycles. The molecule has 114 valence electrons. The molecule has 0 aliphatic heterocycles. The van der Waals surface area contributed by atoms with Gasteiger partial charge in [-0.25, -0.2) is 4.98 Å². The lowest BCUT2D eigenvalue weighted by molar-refractivity contribution is 0.277. The molecule has 0 saturated carbocycles. The van der Waals surface area contributed by atoms with Crippen LogP contribution in [-0.4, -0.2) is 29.7 Å². The van der Waals surface area contributed by atoms with Crippen molar-refractivity contribution in [1.82, 2.24) is 24.6 Å². The molecule has 2 N–H and O–H groups in total. The second kappa shape index (κ2) is 5.33.